The molecule has 3 nitrogen and oxygen atoms in total. The minimum atomic E-state index is -0.0279. The summed E-state index contributed by atoms with van der Waals surface area (Å²) in [5, 5.41) is 2.97. The van der Waals surface area contributed by atoms with Crippen LogP contribution in [-0.2, 0) is 17.6 Å². The van der Waals surface area contributed by atoms with Crippen molar-refractivity contribution in [1.82, 2.24) is 5.32 Å². The summed E-state index contributed by atoms with van der Waals surface area (Å²) < 4.78 is 5.77. The summed E-state index contributed by atoms with van der Waals surface area (Å²) in [6.45, 7) is 0.790. The predicted octanol–water partition coefficient (Wildman–Crippen LogP) is 3.56. The van der Waals surface area contributed by atoms with Crippen LogP contribution in [0.2, 0.25) is 0 Å². The zero-order valence-electron chi connectivity index (χ0n) is 13.2. The first-order valence-electron chi connectivity index (χ1n) is 8.51. The number of carbonyl (C=O) groups excluding carboxylic acids is 1. The lowest BCUT2D eigenvalue weighted by molar-refractivity contribution is -0.122. The van der Waals surface area contributed by atoms with Crippen LogP contribution in [0.5, 0.6) is 5.75 Å². The summed E-state index contributed by atoms with van der Waals surface area (Å²) in [5.41, 5.74) is 4.05. The topological polar surface area (TPSA) is 38.3 Å². The normalized spacial score (nSPS) is 17.4. The third-order valence-electron chi connectivity index (χ3n) is 4.61. The number of nitrogens with one attached hydrogen (secondary N) is 1. The molecule has 1 amide bonds. The first-order chi connectivity index (χ1) is 10.8. The van der Waals surface area contributed by atoms with Crippen molar-refractivity contribution in [2.24, 2.45) is 0 Å². The summed E-state index contributed by atoms with van der Waals surface area (Å²) in [6.07, 6.45) is 11.7. The third-order valence-corrected chi connectivity index (χ3v) is 4.61. The Kier molecular flexibility index (Phi) is 5.15. The average Bonchev–Trinajstić information content (AvgIpc) is 2.59. The van der Waals surface area contributed by atoms with Crippen molar-refractivity contribution in [3.8, 4) is 5.75 Å². The standard InChI is InChI=1S/C19H25NO2/c21-19(20-13-15-7-2-1-3-8-15)14-22-18-12-6-10-16-9-4-5-11-17(16)18/h6-7,10,12H,1-5,8-9,11,13-14H2,(H,20,21). The van der Waals surface area contributed by atoms with E-state index < -0.39 is 0 Å². The fourth-order valence-corrected chi connectivity index (χ4v) is 3.35. The van der Waals surface area contributed by atoms with Gasteiger partial charge in [-0.2, -0.15) is 0 Å². The number of fused-ring (bicyclic) bond motifs is 1. The van der Waals surface area contributed by atoms with Gasteiger partial charge in [0.25, 0.3) is 5.91 Å². The number of aryl methyl sites for hydroxylation is 1. The van der Waals surface area contributed by atoms with E-state index in [4.69, 9.17) is 4.74 Å². The van der Waals surface area contributed by atoms with Crippen LogP contribution in [0.1, 0.15) is 49.7 Å². The van der Waals surface area contributed by atoms with Crippen molar-refractivity contribution in [2.45, 2.75) is 51.4 Å². The molecule has 0 radical (unpaired) electrons. The van der Waals surface area contributed by atoms with Crippen molar-refractivity contribution >= 4 is 5.91 Å². The van der Waals surface area contributed by atoms with Gasteiger partial charge < -0.3 is 10.1 Å². The minimum absolute atomic E-state index is 0.0279. The fourth-order valence-electron chi connectivity index (χ4n) is 3.35. The highest BCUT2D eigenvalue weighted by atomic mass is 16.5. The molecule has 3 heteroatoms. The predicted molar refractivity (Wildman–Crippen MR) is 88.1 cm³/mol. The number of rotatable bonds is 5. The zero-order chi connectivity index (χ0) is 15.2. The Bertz CT molecular complexity index is 563. The van der Waals surface area contributed by atoms with Crippen LogP contribution in [-0.4, -0.2) is 19.1 Å². The molecular formula is C19H25NO2. The Morgan fingerprint density at radius 1 is 1.09 bits per heavy atom. The van der Waals surface area contributed by atoms with Crippen LogP contribution in [0.15, 0.2) is 29.8 Å². The highest BCUT2D eigenvalue weighted by Crippen LogP contribution is 2.29. The number of carbonyl (C=O) groups is 1. The first kappa shape index (κ1) is 15.1. The number of allylic oxidation sites excluding steroid dienone is 1. The molecule has 0 saturated heterocycles. The summed E-state index contributed by atoms with van der Waals surface area (Å²) in [7, 11) is 0. The van der Waals surface area contributed by atoms with Gasteiger partial charge in [0.15, 0.2) is 6.61 Å². The van der Waals surface area contributed by atoms with Crippen LogP contribution in [0, 0.1) is 0 Å². The van der Waals surface area contributed by atoms with Gasteiger partial charge in [-0.25, -0.2) is 0 Å². The lowest BCUT2D eigenvalue weighted by Crippen LogP contribution is -2.31. The number of ether oxygens (including phenoxy) is 1. The lowest BCUT2D eigenvalue weighted by atomic mass is 9.91. The van der Waals surface area contributed by atoms with Gasteiger partial charge in [0, 0.05) is 6.54 Å². The molecular weight excluding hydrogens is 274 g/mol. The monoisotopic (exact) mass is 299 g/mol. The van der Waals surface area contributed by atoms with Crippen LogP contribution < -0.4 is 10.1 Å². The molecule has 0 aromatic heterocycles. The summed E-state index contributed by atoms with van der Waals surface area (Å²) >= 11 is 0. The highest BCUT2D eigenvalue weighted by Gasteiger charge is 2.14. The Morgan fingerprint density at radius 3 is 2.82 bits per heavy atom. The molecule has 0 bridgehead atoms. The summed E-state index contributed by atoms with van der Waals surface area (Å²) in [4.78, 5) is 12.0. The second-order valence-corrected chi connectivity index (χ2v) is 6.27. The Hall–Kier alpha value is -1.77. The maximum absolute atomic E-state index is 12.0. The van der Waals surface area contributed by atoms with E-state index in [1.807, 2.05) is 12.1 Å². The van der Waals surface area contributed by atoms with Crippen LogP contribution >= 0.6 is 0 Å². The van der Waals surface area contributed by atoms with Gasteiger partial charge in [-0.15, -0.1) is 0 Å². The smallest absolute Gasteiger partial charge is 0.258 e. The molecule has 1 aromatic carbocycles. The van der Waals surface area contributed by atoms with E-state index in [-0.39, 0.29) is 12.5 Å². The second-order valence-electron chi connectivity index (χ2n) is 6.27. The number of benzene rings is 1. The van der Waals surface area contributed by atoms with Gasteiger partial charge in [0.1, 0.15) is 5.75 Å². The molecule has 3 rings (SSSR count). The van der Waals surface area contributed by atoms with E-state index in [1.165, 1.54) is 42.4 Å². The van der Waals surface area contributed by atoms with Crippen molar-refractivity contribution in [3.63, 3.8) is 0 Å². The van der Waals surface area contributed by atoms with E-state index >= 15 is 0 Å². The molecule has 0 saturated carbocycles. The quantitative estimate of drug-likeness (QED) is 0.844. The van der Waals surface area contributed by atoms with Gasteiger partial charge >= 0.3 is 0 Å². The minimum Gasteiger partial charge on any atom is -0.483 e. The van der Waals surface area contributed by atoms with E-state index in [9.17, 15) is 4.79 Å². The first-order valence-corrected chi connectivity index (χ1v) is 8.51. The summed E-state index contributed by atoms with van der Waals surface area (Å²) in [5.74, 6) is 0.865. The van der Waals surface area contributed by atoms with Gasteiger partial charge in [-0.3, -0.25) is 4.79 Å². The van der Waals surface area contributed by atoms with Crippen molar-refractivity contribution in [3.05, 3.63) is 41.0 Å². The second kappa shape index (κ2) is 7.48. The number of hydrogen-bond acceptors (Lipinski definition) is 2. The number of hydrogen-bond donors (Lipinski definition) is 1. The van der Waals surface area contributed by atoms with Crippen molar-refractivity contribution in [1.29, 1.82) is 0 Å². The molecule has 0 heterocycles. The molecule has 0 fully saturated rings. The molecule has 22 heavy (non-hydrogen) atoms. The van der Waals surface area contributed by atoms with Gasteiger partial charge in [0.05, 0.1) is 0 Å². The average molecular weight is 299 g/mol. The van der Waals surface area contributed by atoms with Gasteiger partial charge in [-0.1, -0.05) is 23.8 Å². The van der Waals surface area contributed by atoms with E-state index in [2.05, 4.69) is 17.5 Å². The third kappa shape index (κ3) is 3.90. The maximum Gasteiger partial charge on any atom is 0.258 e. The summed E-state index contributed by atoms with van der Waals surface area (Å²) in [6, 6.07) is 6.20. The molecule has 0 unspecified atom stereocenters. The van der Waals surface area contributed by atoms with E-state index in [0.29, 0.717) is 6.54 Å². The van der Waals surface area contributed by atoms with E-state index in [1.54, 1.807) is 0 Å². The van der Waals surface area contributed by atoms with Crippen LogP contribution in [0.25, 0.3) is 0 Å². The van der Waals surface area contributed by atoms with Gasteiger partial charge in [0.2, 0.25) is 0 Å². The molecule has 118 valence electrons. The molecule has 1 aromatic rings. The molecule has 0 aliphatic heterocycles. The number of amides is 1. The largest absolute Gasteiger partial charge is 0.483 e. The Labute approximate surface area is 132 Å². The molecule has 0 spiro atoms. The van der Waals surface area contributed by atoms with Crippen molar-refractivity contribution in [2.75, 3.05) is 13.2 Å². The Balaban J connectivity index is 1.50. The fraction of sp³-hybridized carbons (Fsp3) is 0.526. The molecule has 2 aliphatic rings. The lowest BCUT2D eigenvalue weighted by Gasteiger charge is -2.19. The Morgan fingerprint density at radius 2 is 1.95 bits per heavy atom. The van der Waals surface area contributed by atoms with Gasteiger partial charge in [-0.05, 0) is 68.6 Å². The van der Waals surface area contributed by atoms with Crippen LogP contribution in [0.4, 0.5) is 0 Å². The molecule has 2 aliphatic carbocycles. The molecule has 0 atom stereocenters. The highest BCUT2D eigenvalue weighted by molar-refractivity contribution is 5.77. The maximum atomic E-state index is 12.0. The van der Waals surface area contributed by atoms with Crippen molar-refractivity contribution < 1.29 is 9.53 Å². The molecule has 1 N–H and O–H groups in total. The van der Waals surface area contributed by atoms with E-state index in [0.717, 1.165) is 31.4 Å². The SMILES string of the molecule is O=C(COc1cccc2c1CCCC2)NCC1=CCCCC1. The zero-order valence-corrected chi connectivity index (χ0v) is 13.2. The van der Waals surface area contributed by atoms with Crippen LogP contribution in [0.3, 0.4) is 0 Å².